The Labute approximate surface area is 105 Å². The number of thioether (sulfide) groups is 1. The molecule has 0 radical (unpaired) electrons. The topological polar surface area (TPSA) is 78.9 Å². The summed E-state index contributed by atoms with van der Waals surface area (Å²) in [6.07, 6.45) is 0. The lowest BCUT2D eigenvalue weighted by Gasteiger charge is -2.23. The number of nitrogens with one attached hydrogen (secondary N) is 1. The van der Waals surface area contributed by atoms with Crippen molar-refractivity contribution in [3.8, 4) is 0 Å². The molecule has 7 heteroatoms. The Morgan fingerprint density at radius 1 is 1.65 bits per heavy atom. The monoisotopic (exact) mass is 262 g/mol. The Morgan fingerprint density at radius 2 is 2.41 bits per heavy atom. The molecule has 0 aliphatic carbocycles. The first-order chi connectivity index (χ1) is 8.19. The smallest absolute Gasteiger partial charge is 0.279 e. The summed E-state index contributed by atoms with van der Waals surface area (Å²) in [5.74, 6) is 0.421. The summed E-state index contributed by atoms with van der Waals surface area (Å²) < 4.78 is 5.11. The fourth-order valence-electron chi connectivity index (χ4n) is 1.50. The van der Waals surface area contributed by atoms with Crippen molar-refractivity contribution >= 4 is 22.9 Å². The third-order valence-electron chi connectivity index (χ3n) is 2.41. The van der Waals surface area contributed by atoms with Crippen molar-refractivity contribution in [2.24, 2.45) is 0 Å². The maximum atomic E-state index is 12.0. The maximum Gasteiger partial charge on any atom is 0.279 e. The fraction of sp³-hybridized carbons (Fsp3) is 0.800. The number of carbonyl (C=O) groups is 2. The molecule has 6 nitrogen and oxygen atoms in total. The van der Waals surface area contributed by atoms with E-state index >= 15 is 0 Å². The highest BCUT2D eigenvalue weighted by Gasteiger charge is 2.30. The number of ether oxygens (including phenoxy) is 1. The number of nitrogens with zero attached hydrogens (tertiary/aromatic N) is 1. The molecule has 1 aliphatic rings. The van der Waals surface area contributed by atoms with Gasteiger partial charge in [-0.2, -0.15) is 0 Å². The molecule has 1 fully saturated rings. The highest BCUT2D eigenvalue weighted by Crippen LogP contribution is 2.14. The van der Waals surface area contributed by atoms with Crippen LogP contribution in [0.5, 0.6) is 0 Å². The van der Waals surface area contributed by atoms with E-state index in [-0.39, 0.29) is 24.4 Å². The van der Waals surface area contributed by atoms with Crippen molar-refractivity contribution in [3.63, 3.8) is 0 Å². The standard InChI is InChI=1S/C10H18N2O4S/c1-2-12(3-5-16-6-4-13)9(14)8-7-17-10(15)11-8/h8,13H,2-7H2,1H3,(H,11,15). The minimum Gasteiger partial charge on any atom is -0.394 e. The van der Waals surface area contributed by atoms with Crippen molar-refractivity contribution in [2.45, 2.75) is 13.0 Å². The number of rotatable bonds is 7. The third-order valence-corrected chi connectivity index (χ3v) is 3.29. The quantitative estimate of drug-likeness (QED) is 0.614. The second-order valence-electron chi connectivity index (χ2n) is 3.55. The fourth-order valence-corrected chi connectivity index (χ4v) is 2.27. The van der Waals surface area contributed by atoms with Gasteiger partial charge in [0.25, 0.3) is 5.24 Å². The lowest BCUT2D eigenvalue weighted by molar-refractivity contribution is -0.133. The van der Waals surface area contributed by atoms with Crippen molar-refractivity contribution in [3.05, 3.63) is 0 Å². The molecule has 0 saturated carbocycles. The maximum absolute atomic E-state index is 12.0. The Balaban J connectivity index is 2.33. The molecular weight excluding hydrogens is 244 g/mol. The molecule has 0 aromatic carbocycles. The minimum absolute atomic E-state index is 0.0185. The van der Waals surface area contributed by atoms with Gasteiger partial charge in [-0.15, -0.1) is 0 Å². The molecule has 17 heavy (non-hydrogen) atoms. The van der Waals surface area contributed by atoms with E-state index in [1.165, 1.54) is 0 Å². The Bertz CT molecular complexity index is 275. The molecule has 0 aromatic heterocycles. The van der Waals surface area contributed by atoms with Gasteiger partial charge in [0.15, 0.2) is 0 Å². The lowest BCUT2D eigenvalue weighted by Crippen LogP contribution is -2.46. The molecule has 1 aliphatic heterocycles. The van der Waals surface area contributed by atoms with Crippen LogP contribution in [0.15, 0.2) is 0 Å². The normalized spacial score (nSPS) is 19.2. The van der Waals surface area contributed by atoms with E-state index in [0.29, 0.717) is 25.4 Å². The zero-order valence-corrected chi connectivity index (χ0v) is 10.7. The van der Waals surface area contributed by atoms with E-state index in [9.17, 15) is 9.59 Å². The summed E-state index contributed by atoms with van der Waals surface area (Å²) in [5, 5.41) is 11.0. The first-order valence-electron chi connectivity index (χ1n) is 5.59. The third kappa shape index (κ3) is 4.53. The van der Waals surface area contributed by atoms with Gasteiger partial charge < -0.3 is 20.1 Å². The summed E-state index contributed by atoms with van der Waals surface area (Å²) in [4.78, 5) is 24.6. The van der Waals surface area contributed by atoms with Gasteiger partial charge in [0.2, 0.25) is 5.91 Å². The molecule has 1 rings (SSSR count). The van der Waals surface area contributed by atoms with Crippen LogP contribution in [0.4, 0.5) is 4.79 Å². The number of carbonyl (C=O) groups excluding carboxylic acids is 2. The first-order valence-corrected chi connectivity index (χ1v) is 6.58. The summed E-state index contributed by atoms with van der Waals surface area (Å²) in [6, 6.07) is -0.412. The SMILES string of the molecule is CCN(CCOCCO)C(=O)C1CSC(=O)N1. The van der Waals surface area contributed by atoms with E-state index in [2.05, 4.69) is 5.32 Å². The number of hydrogen-bond donors (Lipinski definition) is 2. The van der Waals surface area contributed by atoms with Crippen LogP contribution >= 0.6 is 11.8 Å². The molecule has 1 saturated heterocycles. The molecule has 1 heterocycles. The van der Waals surface area contributed by atoms with Crippen molar-refractivity contribution in [2.75, 3.05) is 38.7 Å². The number of aliphatic hydroxyl groups is 1. The molecule has 0 bridgehead atoms. The second-order valence-corrected chi connectivity index (χ2v) is 4.54. The average molecular weight is 262 g/mol. The average Bonchev–Trinajstić information content (AvgIpc) is 2.75. The van der Waals surface area contributed by atoms with Crippen molar-refractivity contribution in [1.29, 1.82) is 0 Å². The van der Waals surface area contributed by atoms with Crippen LogP contribution in [0.1, 0.15) is 6.92 Å². The van der Waals surface area contributed by atoms with Crippen LogP contribution < -0.4 is 5.32 Å². The van der Waals surface area contributed by atoms with Crippen LogP contribution in [0.2, 0.25) is 0 Å². The van der Waals surface area contributed by atoms with E-state index in [0.717, 1.165) is 11.8 Å². The van der Waals surface area contributed by atoms with Crippen LogP contribution in [0, 0.1) is 0 Å². The van der Waals surface area contributed by atoms with Gasteiger partial charge in [-0.1, -0.05) is 11.8 Å². The predicted octanol–water partition coefficient (Wildman–Crippen LogP) is -0.331. The largest absolute Gasteiger partial charge is 0.394 e. The number of hydrogen-bond acceptors (Lipinski definition) is 5. The Kier molecular flexibility index (Phi) is 6.31. The molecule has 2 amide bonds. The van der Waals surface area contributed by atoms with Gasteiger partial charge in [0, 0.05) is 18.8 Å². The summed E-state index contributed by atoms with van der Waals surface area (Å²) in [5.41, 5.74) is 0. The molecule has 0 spiro atoms. The van der Waals surface area contributed by atoms with Crippen LogP contribution in [0.3, 0.4) is 0 Å². The molecule has 1 unspecified atom stereocenters. The van der Waals surface area contributed by atoms with Crippen LogP contribution in [0.25, 0.3) is 0 Å². The Morgan fingerprint density at radius 3 is 2.94 bits per heavy atom. The van der Waals surface area contributed by atoms with Gasteiger partial charge in [-0.3, -0.25) is 9.59 Å². The Hall–Kier alpha value is -0.790. The van der Waals surface area contributed by atoms with Crippen LogP contribution in [-0.4, -0.2) is 65.9 Å². The first kappa shape index (κ1) is 14.3. The second kappa shape index (κ2) is 7.52. The minimum atomic E-state index is -0.412. The highest BCUT2D eigenvalue weighted by molar-refractivity contribution is 8.14. The lowest BCUT2D eigenvalue weighted by atomic mass is 10.3. The van der Waals surface area contributed by atoms with Gasteiger partial charge >= 0.3 is 0 Å². The van der Waals surface area contributed by atoms with Crippen LogP contribution in [-0.2, 0) is 9.53 Å². The van der Waals surface area contributed by atoms with Gasteiger partial charge in [-0.25, -0.2) is 0 Å². The van der Waals surface area contributed by atoms with E-state index in [1.54, 1.807) is 4.90 Å². The summed E-state index contributed by atoms with van der Waals surface area (Å²) in [6.45, 7) is 3.60. The zero-order chi connectivity index (χ0) is 12.7. The number of amides is 2. The molecule has 98 valence electrons. The number of likely N-dealkylation sites (N-methyl/N-ethyl adjacent to an activating group) is 1. The van der Waals surface area contributed by atoms with Crippen molar-refractivity contribution in [1.82, 2.24) is 10.2 Å². The van der Waals surface area contributed by atoms with Gasteiger partial charge in [0.1, 0.15) is 6.04 Å². The predicted molar refractivity (Wildman–Crippen MR) is 64.9 cm³/mol. The van der Waals surface area contributed by atoms with Gasteiger partial charge in [-0.05, 0) is 6.92 Å². The zero-order valence-electron chi connectivity index (χ0n) is 9.85. The summed E-state index contributed by atoms with van der Waals surface area (Å²) in [7, 11) is 0. The number of aliphatic hydroxyl groups excluding tert-OH is 1. The van der Waals surface area contributed by atoms with Gasteiger partial charge in [0.05, 0.1) is 19.8 Å². The molecular formula is C10H18N2O4S. The van der Waals surface area contributed by atoms with E-state index in [1.807, 2.05) is 6.92 Å². The summed E-state index contributed by atoms with van der Waals surface area (Å²) >= 11 is 1.13. The van der Waals surface area contributed by atoms with Crippen molar-refractivity contribution < 1.29 is 19.4 Å². The van der Waals surface area contributed by atoms with E-state index < -0.39 is 6.04 Å². The molecule has 0 aromatic rings. The van der Waals surface area contributed by atoms with E-state index in [4.69, 9.17) is 9.84 Å². The molecule has 2 N–H and O–H groups in total. The highest BCUT2D eigenvalue weighted by atomic mass is 32.2. The molecule has 1 atom stereocenters.